The van der Waals surface area contributed by atoms with Crippen molar-refractivity contribution in [3.8, 4) is 0 Å². The Labute approximate surface area is 80.7 Å². The second-order valence-corrected chi connectivity index (χ2v) is 4.33. The predicted molar refractivity (Wildman–Crippen MR) is 54.7 cm³/mol. The molecule has 0 aliphatic carbocycles. The molecule has 2 aliphatic heterocycles. The van der Waals surface area contributed by atoms with Gasteiger partial charge in [-0.1, -0.05) is 6.92 Å². The molecule has 2 aliphatic rings. The minimum absolute atomic E-state index is 0.347. The number of piperidine rings is 1. The molecule has 1 unspecified atom stereocenters. The van der Waals surface area contributed by atoms with Crippen molar-refractivity contribution in [3.05, 3.63) is 0 Å². The quantitative estimate of drug-likeness (QED) is 0.608. The van der Waals surface area contributed by atoms with Crippen molar-refractivity contribution in [1.82, 2.24) is 10.2 Å². The van der Waals surface area contributed by atoms with E-state index in [1.807, 2.05) is 0 Å². The van der Waals surface area contributed by atoms with Crippen LogP contribution in [-0.4, -0.2) is 42.7 Å². The van der Waals surface area contributed by atoms with Gasteiger partial charge in [-0.05, 0) is 38.9 Å². The maximum atomic E-state index is 6.24. The van der Waals surface area contributed by atoms with Gasteiger partial charge in [0.1, 0.15) is 0 Å². The van der Waals surface area contributed by atoms with E-state index in [2.05, 4.69) is 17.1 Å². The van der Waals surface area contributed by atoms with Gasteiger partial charge in [0.25, 0.3) is 0 Å². The third-order valence-electron chi connectivity index (χ3n) is 3.88. The molecule has 13 heavy (non-hydrogen) atoms. The summed E-state index contributed by atoms with van der Waals surface area (Å²) >= 11 is 0. The molecule has 0 aromatic carbocycles. The topological polar surface area (TPSA) is 41.3 Å². The SMILES string of the molecule is CCN1CCC(N)C12CCNCC2. The minimum Gasteiger partial charge on any atom is -0.326 e. The molecular weight excluding hydrogens is 162 g/mol. The lowest BCUT2D eigenvalue weighted by Crippen LogP contribution is -2.58. The molecule has 2 fully saturated rings. The van der Waals surface area contributed by atoms with Crippen LogP contribution in [0.5, 0.6) is 0 Å². The molecule has 3 nitrogen and oxygen atoms in total. The summed E-state index contributed by atoms with van der Waals surface area (Å²) in [6.45, 7) is 6.90. The van der Waals surface area contributed by atoms with Crippen molar-refractivity contribution in [2.75, 3.05) is 26.2 Å². The van der Waals surface area contributed by atoms with Gasteiger partial charge in [0, 0.05) is 18.1 Å². The smallest absolute Gasteiger partial charge is 0.0384 e. The van der Waals surface area contributed by atoms with Crippen molar-refractivity contribution >= 4 is 0 Å². The third-order valence-corrected chi connectivity index (χ3v) is 3.88. The van der Waals surface area contributed by atoms with E-state index < -0.39 is 0 Å². The van der Waals surface area contributed by atoms with Crippen LogP contribution in [0.15, 0.2) is 0 Å². The van der Waals surface area contributed by atoms with Gasteiger partial charge in [0.2, 0.25) is 0 Å². The predicted octanol–water partition coefficient (Wildman–Crippen LogP) is 0.162. The molecule has 1 atom stereocenters. The lowest BCUT2D eigenvalue weighted by molar-refractivity contribution is 0.0936. The number of hydrogen-bond acceptors (Lipinski definition) is 3. The monoisotopic (exact) mass is 183 g/mol. The standard InChI is InChI=1S/C10H21N3/c1-2-13-8-3-9(11)10(13)4-6-12-7-5-10/h9,12H,2-8,11H2,1H3. The van der Waals surface area contributed by atoms with Crippen LogP contribution in [0.25, 0.3) is 0 Å². The van der Waals surface area contributed by atoms with Gasteiger partial charge in [0.05, 0.1) is 0 Å². The van der Waals surface area contributed by atoms with Gasteiger partial charge in [-0.15, -0.1) is 0 Å². The van der Waals surface area contributed by atoms with Crippen LogP contribution < -0.4 is 11.1 Å². The van der Waals surface area contributed by atoms with Crippen molar-refractivity contribution < 1.29 is 0 Å². The van der Waals surface area contributed by atoms with Crippen molar-refractivity contribution in [1.29, 1.82) is 0 Å². The number of likely N-dealkylation sites (N-methyl/N-ethyl adjacent to an activating group) is 1. The van der Waals surface area contributed by atoms with Gasteiger partial charge in [-0.2, -0.15) is 0 Å². The summed E-state index contributed by atoms with van der Waals surface area (Å²) in [4.78, 5) is 2.60. The molecule has 0 amide bonds. The second kappa shape index (κ2) is 3.56. The highest BCUT2D eigenvalue weighted by atomic mass is 15.3. The van der Waals surface area contributed by atoms with E-state index in [1.54, 1.807) is 0 Å². The Kier molecular flexibility index (Phi) is 2.58. The summed E-state index contributed by atoms with van der Waals surface area (Å²) in [5.41, 5.74) is 6.59. The molecule has 76 valence electrons. The Morgan fingerprint density at radius 1 is 1.46 bits per heavy atom. The average molecular weight is 183 g/mol. The summed E-state index contributed by atoms with van der Waals surface area (Å²) in [6.07, 6.45) is 3.66. The molecule has 3 heteroatoms. The van der Waals surface area contributed by atoms with Crippen molar-refractivity contribution in [3.63, 3.8) is 0 Å². The van der Waals surface area contributed by atoms with Crippen molar-refractivity contribution in [2.24, 2.45) is 5.73 Å². The Morgan fingerprint density at radius 3 is 2.77 bits per heavy atom. The van der Waals surface area contributed by atoms with E-state index in [0.29, 0.717) is 11.6 Å². The van der Waals surface area contributed by atoms with Crippen LogP contribution in [0.4, 0.5) is 0 Å². The third kappa shape index (κ3) is 1.39. The van der Waals surface area contributed by atoms with E-state index in [1.165, 1.54) is 25.8 Å². The highest BCUT2D eigenvalue weighted by Crippen LogP contribution is 2.35. The number of likely N-dealkylation sites (tertiary alicyclic amines) is 1. The van der Waals surface area contributed by atoms with E-state index in [4.69, 9.17) is 5.73 Å². The Hall–Kier alpha value is -0.120. The first kappa shape index (κ1) is 9.44. The fourth-order valence-electron chi connectivity index (χ4n) is 3.04. The number of hydrogen-bond donors (Lipinski definition) is 2. The molecule has 1 spiro atoms. The zero-order valence-electron chi connectivity index (χ0n) is 8.55. The van der Waals surface area contributed by atoms with Crippen LogP contribution in [0.2, 0.25) is 0 Å². The first-order chi connectivity index (χ1) is 6.29. The van der Waals surface area contributed by atoms with Gasteiger partial charge in [0.15, 0.2) is 0 Å². The Bertz CT molecular complexity index is 175. The van der Waals surface area contributed by atoms with Crippen LogP contribution >= 0.6 is 0 Å². The second-order valence-electron chi connectivity index (χ2n) is 4.33. The fraction of sp³-hybridized carbons (Fsp3) is 1.00. The van der Waals surface area contributed by atoms with Crippen LogP contribution in [0.1, 0.15) is 26.2 Å². The van der Waals surface area contributed by atoms with E-state index >= 15 is 0 Å². The molecule has 3 N–H and O–H groups in total. The molecule has 2 saturated heterocycles. The van der Waals surface area contributed by atoms with Gasteiger partial charge < -0.3 is 11.1 Å². The Morgan fingerprint density at radius 2 is 2.15 bits per heavy atom. The van der Waals surface area contributed by atoms with E-state index in [9.17, 15) is 0 Å². The maximum absolute atomic E-state index is 6.24. The summed E-state index contributed by atoms with van der Waals surface area (Å²) < 4.78 is 0. The van der Waals surface area contributed by atoms with Crippen LogP contribution in [0.3, 0.4) is 0 Å². The molecule has 0 radical (unpaired) electrons. The summed E-state index contributed by atoms with van der Waals surface area (Å²) in [5.74, 6) is 0. The number of nitrogens with zero attached hydrogens (tertiary/aromatic N) is 1. The molecular formula is C10H21N3. The van der Waals surface area contributed by atoms with Crippen LogP contribution in [0, 0.1) is 0 Å². The Balaban J connectivity index is 2.14. The normalized spacial score (nSPS) is 34.2. The largest absolute Gasteiger partial charge is 0.326 e. The van der Waals surface area contributed by atoms with Crippen LogP contribution in [-0.2, 0) is 0 Å². The molecule has 0 saturated carbocycles. The summed E-state index contributed by atoms with van der Waals surface area (Å²) in [7, 11) is 0. The van der Waals surface area contributed by atoms with Crippen molar-refractivity contribution in [2.45, 2.75) is 37.8 Å². The average Bonchev–Trinajstić information content (AvgIpc) is 2.46. The summed E-state index contributed by atoms with van der Waals surface area (Å²) in [5, 5.41) is 3.42. The number of nitrogens with two attached hydrogens (primary N) is 1. The van der Waals surface area contributed by atoms with Gasteiger partial charge in [-0.25, -0.2) is 0 Å². The molecule has 0 bridgehead atoms. The minimum atomic E-state index is 0.347. The maximum Gasteiger partial charge on any atom is 0.0384 e. The molecule has 2 heterocycles. The molecule has 0 aromatic rings. The number of rotatable bonds is 1. The van der Waals surface area contributed by atoms with Gasteiger partial charge >= 0.3 is 0 Å². The number of nitrogens with one attached hydrogen (secondary N) is 1. The van der Waals surface area contributed by atoms with E-state index in [-0.39, 0.29) is 0 Å². The lowest BCUT2D eigenvalue weighted by Gasteiger charge is -2.44. The molecule has 0 aromatic heterocycles. The first-order valence-electron chi connectivity index (χ1n) is 5.51. The highest BCUT2D eigenvalue weighted by Gasteiger charge is 2.46. The first-order valence-corrected chi connectivity index (χ1v) is 5.51. The highest BCUT2D eigenvalue weighted by molar-refractivity contribution is 5.06. The lowest BCUT2D eigenvalue weighted by atomic mass is 9.82. The van der Waals surface area contributed by atoms with E-state index in [0.717, 1.165) is 19.6 Å². The van der Waals surface area contributed by atoms with Gasteiger partial charge in [-0.3, -0.25) is 4.90 Å². The zero-order chi connectivity index (χ0) is 9.31. The summed E-state index contributed by atoms with van der Waals surface area (Å²) in [6, 6.07) is 0.412. The zero-order valence-corrected chi connectivity index (χ0v) is 8.55. The molecule has 2 rings (SSSR count). The fourth-order valence-corrected chi connectivity index (χ4v) is 3.04.